The predicted molar refractivity (Wildman–Crippen MR) is 101 cm³/mol. The first-order valence-corrected chi connectivity index (χ1v) is 8.46. The first-order valence-electron chi connectivity index (χ1n) is 8.08. The highest BCUT2D eigenvalue weighted by Crippen LogP contribution is 2.25. The zero-order chi connectivity index (χ0) is 17.8. The van der Waals surface area contributed by atoms with Crippen LogP contribution in [0, 0.1) is 13.8 Å². The lowest BCUT2D eigenvalue weighted by Crippen LogP contribution is -2.29. The monoisotopic (exact) mass is 350 g/mol. The number of nitrogens with zero attached hydrogens (tertiary/aromatic N) is 1. The molecule has 3 rings (SSSR count). The maximum absolute atomic E-state index is 12.8. The van der Waals surface area contributed by atoms with Crippen LogP contribution in [0.15, 0.2) is 67.0 Å². The second-order valence-electron chi connectivity index (χ2n) is 6.02. The van der Waals surface area contributed by atoms with Gasteiger partial charge >= 0.3 is 0 Å². The molecule has 1 atom stereocenters. The minimum absolute atomic E-state index is 0.210. The molecule has 0 unspecified atom stereocenters. The first-order chi connectivity index (χ1) is 12.1. The molecule has 1 aromatic heterocycles. The van der Waals surface area contributed by atoms with E-state index in [1.807, 2.05) is 18.2 Å². The Morgan fingerprint density at radius 2 is 1.80 bits per heavy atom. The molecule has 1 N–H and O–H groups in total. The Bertz CT molecular complexity index is 893. The van der Waals surface area contributed by atoms with Crippen molar-refractivity contribution in [2.75, 3.05) is 0 Å². The fraction of sp³-hybridized carbons (Fsp3) is 0.143. The molecule has 2 aromatic carbocycles. The number of benzene rings is 2. The summed E-state index contributed by atoms with van der Waals surface area (Å²) in [5.74, 6) is -0.210. The molecule has 0 radical (unpaired) electrons. The quantitative estimate of drug-likeness (QED) is 0.729. The van der Waals surface area contributed by atoms with Crippen molar-refractivity contribution in [3.63, 3.8) is 0 Å². The van der Waals surface area contributed by atoms with Gasteiger partial charge in [-0.05, 0) is 54.3 Å². The molecule has 0 bridgehead atoms. The van der Waals surface area contributed by atoms with Crippen molar-refractivity contribution in [1.29, 1.82) is 0 Å². The van der Waals surface area contributed by atoms with Gasteiger partial charge in [0.05, 0.1) is 16.6 Å². The molecular weight excluding hydrogens is 332 g/mol. The average molecular weight is 351 g/mol. The summed E-state index contributed by atoms with van der Waals surface area (Å²) in [6.07, 6.45) is 3.49. The summed E-state index contributed by atoms with van der Waals surface area (Å²) >= 11 is 6.17. The maximum Gasteiger partial charge on any atom is 0.253 e. The van der Waals surface area contributed by atoms with Gasteiger partial charge in [-0.1, -0.05) is 48.0 Å². The van der Waals surface area contributed by atoms with Gasteiger partial charge in [0, 0.05) is 12.4 Å². The summed E-state index contributed by atoms with van der Waals surface area (Å²) in [5, 5.41) is 3.53. The van der Waals surface area contributed by atoms with Crippen molar-refractivity contribution in [3.8, 4) is 0 Å². The van der Waals surface area contributed by atoms with Gasteiger partial charge in [0.15, 0.2) is 0 Å². The van der Waals surface area contributed by atoms with E-state index >= 15 is 0 Å². The van der Waals surface area contributed by atoms with Gasteiger partial charge in [-0.3, -0.25) is 9.78 Å². The third-order valence-electron chi connectivity index (χ3n) is 4.28. The van der Waals surface area contributed by atoms with Crippen LogP contribution in [0.2, 0.25) is 5.02 Å². The highest BCUT2D eigenvalue weighted by atomic mass is 35.5. The Labute approximate surface area is 152 Å². The van der Waals surface area contributed by atoms with Crippen molar-refractivity contribution in [2.24, 2.45) is 0 Å². The second-order valence-corrected chi connectivity index (χ2v) is 6.42. The molecule has 126 valence electrons. The van der Waals surface area contributed by atoms with E-state index in [2.05, 4.69) is 36.3 Å². The molecule has 0 aliphatic rings. The van der Waals surface area contributed by atoms with E-state index in [0.717, 1.165) is 11.1 Å². The fourth-order valence-corrected chi connectivity index (χ4v) is 2.93. The van der Waals surface area contributed by atoms with E-state index in [-0.39, 0.29) is 11.9 Å². The van der Waals surface area contributed by atoms with Crippen LogP contribution in [0.3, 0.4) is 0 Å². The van der Waals surface area contributed by atoms with E-state index in [4.69, 9.17) is 11.6 Å². The minimum atomic E-state index is -0.295. The molecule has 0 aliphatic carbocycles. The van der Waals surface area contributed by atoms with Crippen LogP contribution in [0.5, 0.6) is 0 Å². The van der Waals surface area contributed by atoms with E-state index in [1.165, 1.54) is 11.1 Å². The summed E-state index contributed by atoms with van der Waals surface area (Å²) in [7, 11) is 0. The SMILES string of the molecule is Cc1ccc([C@H](NC(=O)c2ccccc2Cl)c2cccnc2)cc1C. The molecule has 1 amide bonds. The van der Waals surface area contributed by atoms with Crippen LogP contribution in [0.25, 0.3) is 0 Å². The minimum Gasteiger partial charge on any atom is -0.341 e. The largest absolute Gasteiger partial charge is 0.341 e. The van der Waals surface area contributed by atoms with Gasteiger partial charge < -0.3 is 5.32 Å². The number of halogens is 1. The number of carbonyl (C=O) groups excluding carboxylic acids is 1. The van der Waals surface area contributed by atoms with Crippen molar-refractivity contribution in [2.45, 2.75) is 19.9 Å². The molecular formula is C21H19ClN2O. The summed E-state index contributed by atoms with van der Waals surface area (Å²) < 4.78 is 0. The number of amides is 1. The molecule has 0 saturated heterocycles. The number of aromatic nitrogens is 1. The third-order valence-corrected chi connectivity index (χ3v) is 4.61. The van der Waals surface area contributed by atoms with Crippen molar-refractivity contribution in [3.05, 3.63) is 99.8 Å². The molecule has 3 nitrogen and oxygen atoms in total. The zero-order valence-corrected chi connectivity index (χ0v) is 14.9. The van der Waals surface area contributed by atoms with Crippen LogP contribution in [0.1, 0.15) is 38.7 Å². The maximum atomic E-state index is 12.8. The molecule has 4 heteroatoms. The Kier molecular flexibility index (Phi) is 5.15. The number of carbonyl (C=O) groups is 1. The van der Waals surface area contributed by atoms with E-state index in [0.29, 0.717) is 10.6 Å². The summed E-state index contributed by atoms with van der Waals surface area (Å²) in [6, 6.07) is 16.8. The average Bonchev–Trinajstić information content (AvgIpc) is 2.63. The van der Waals surface area contributed by atoms with Gasteiger partial charge in [-0.2, -0.15) is 0 Å². The number of nitrogens with one attached hydrogen (secondary N) is 1. The molecule has 0 spiro atoms. The molecule has 3 aromatic rings. The normalized spacial score (nSPS) is 11.8. The lowest BCUT2D eigenvalue weighted by molar-refractivity contribution is 0.0943. The third kappa shape index (κ3) is 3.89. The van der Waals surface area contributed by atoms with Crippen LogP contribution >= 0.6 is 11.6 Å². The molecule has 25 heavy (non-hydrogen) atoms. The smallest absolute Gasteiger partial charge is 0.253 e. The van der Waals surface area contributed by atoms with Crippen molar-refractivity contribution >= 4 is 17.5 Å². The number of hydrogen-bond acceptors (Lipinski definition) is 2. The van der Waals surface area contributed by atoms with Crippen LogP contribution in [-0.2, 0) is 0 Å². The summed E-state index contributed by atoms with van der Waals surface area (Å²) in [6.45, 7) is 4.13. The molecule has 0 aliphatic heterocycles. The highest BCUT2D eigenvalue weighted by Gasteiger charge is 2.19. The Morgan fingerprint density at radius 1 is 1.00 bits per heavy atom. The van der Waals surface area contributed by atoms with E-state index in [1.54, 1.807) is 36.7 Å². The Hall–Kier alpha value is -2.65. The number of rotatable bonds is 4. The topological polar surface area (TPSA) is 42.0 Å². The van der Waals surface area contributed by atoms with Gasteiger partial charge in [-0.15, -0.1) is 0 Å². The molecule has 1 heterocycles. The number of pyridine rings is 1. The summed E-state index contributed by atoms with van der Waals surface area (Å²) in [4.78, 5) is 16.9. The Morgan fingerprint density at radius 3 is 2.48 bits per heavy atom. The zero-order valence-electron chi connectivity index (χ0n) is 14.2. The molecule has 0 fully saturated rings. The van der Waals surface area contributed by atoms with Gasteiger partial charge in [0.1, 0.15) is 0 Å². The standard InChI is InChI=1S/C21H19ClN2O/c1-14-9-10-16(12-15(14)2)20(17-6-5-11-23-13-17)24-21(25)18-7-3-4-8-19(18)22/h3-13,20H,1-2H3,(H,24,25)/t20-/m0/s1. The first kappa shape index (κ1) is 17.2. The summed E-state index contributed by atoms with van der Waals surface area (Å²) in [5.41, 5.74) is 4.79. The van der Waals surface area contributed by atoms with Gasteiger partial charge in [-0.25, -0.2) is 0 Å². The van der Waals surface area contributed by atoms with Gasteiger partial charge in [0.25, 0.3) is 5.91 Å². The van der Waals surface area contributed by atoms with Crippen LogP contribution in [-0.4, -0.2) is 10.9 Å². The highest BCUT2D eigenvalue weighted by molar-refractivity contribution is 6.33. The van der Waals surface area contributed by atoms with Gasteiger partial charge in [0.2, 0.25) is 0 Å². The lowest BCUT2D eigenvalue weighted by atomic mass is 9.96. The Balaban J connectivity index is 1.99. The predicted octanol–water partition coefficient (Wildman–Crippen LogP) is 4.87. The van der Waals surface area contributed by atoms with Crippen molar-refractivity contribution < 1.29 is 4.79 Å². The second kappa shape index (κ2) is 7.49. The fourth-order valence-electron chi connectivity index (χ4n) is 2.70. The van der Waals surface area contributed by atoms with E-state index in [9.17, 15) is 4.79 Å². The van der Waals surface area contributed by atoms with Crippen molar-refractivity contribution in [1.82, 2.24) is 10.3 Å². The van der Waals surface area contributed by atoms with E-state index < -0.39 is 0 Å². The van der Waals surface area contributed by atoms with Crippen LogP contribution < -0.4 is 5.32 Å². The van der Waals surface area contributed by atoms with Crippen LogP contribution in [0.4, 0.5) is 0 Å². The molecule has 0 saturated carbocycles. The lowest BCUT2D eigenvalue weighted by Gasteiger charge is -2.21. The number of aryl methyl sites for hydroxylation is 2. The number of hydrogen-bond donors (Lipinski definition) is 1.